The summed E-state index contributed by atoms with van der Waals surface area (Å²) in [7, 11) is 0. The van der Waals surface area contributed by atoms with Gasteiger partial charge in [0.15, 0.2) is 0 Å². The summed E-state index contributed by atoms with van der Waals surface area (Å²) in [6, 6.07) is 4.11. The highest BCUT2D eigenvalue weighted by Crippen LogP contribution is 2.17. The molecule has 0 spiro atoms. The van der Waals surface area contributed by atoms with E-state index in [1.807, 2.05) is 19.2 Å². The summed E-state index contributed by atoms with van der Waals surface area (Å²) in [6.45, 7) is 6.14. The second kappa shape index (κ2) is 2.80. The van der Waals surface area contributed by atoms with Gasteiger partial charge < -0.3 is 0 Å². The van der Waals surface area contributed by atoms with Crippen molar-refractivity contribution in [1.82, 2.24) is 9.97 Å². The van der Waals surface area contributed by atoms with Gasteiger partial charge in [0.1, 0.15) is 0 Å². The molecule has 0 N–H and O–H groups in total. The van der Waals surface area contributed by atoms with Crippen molar-refractivity contribution in [3.05, 3.63) is 35.2 Å². The molecule has 0 amide bonds. The summed E-state index contributed by atoms with van der Waals surface area (Å²) in [6.07, 6.45) is 1.81. The van der Waals surface area contributed by atoms with Crippen molar-refractivity contribution in [2.24, 2.45) is 0 Å². The van der Waals surface area contributed by atoms with E-state index >= 15 is 0 Å². The predicted molar refractivity (Wildman–Crippen MR) is 53.7 cm³/mol. The van der Waals surface area contributed by atoms with Gasteiger partial charge >= 0.3 is 0 Å². The zero-order chi connectivity index (χ0) is 9.42. The quantitative estimate of drug-likeness (QED) is 0.610. The van der Waals surface area contributed by atoms with Gasteiger partial charge in [-0.25, -0.2) is 4.98 Å². The van der Waals surface area contributed by atoms with E-state index in [9.17, 15) is 0 Å². The van der Waals surface area contributed by atoms with Crippen molar-refractivity contribution < 1.29 is 0 Å². The smallest absolute Gasteiger partial charge is 0.0918 e. The molecule has 1 heterocycles. The minimum absolute atomic E-state index is 0.968. The number of aromatic nitrogens is 2. The van der Waals surface area contributed by atoms with Crippen LogP contribution in [0.15, 0.2) is 18.3 Å². The molecule has 66 valence electrons. The highest BCUT2D eigenvalue weighted by molar-refractivity contribution is 5.78. The predicted octanol–water partition coefficient (Wildman–Crippen LogP) is 2.56. The van der Waals surface area contributed by atoms with E-state index in [-0.39, 0.29) is 0 Å². The molecule has 0 aliphatic rings. The van der Waals surface area contributed by atoms with E-state index in [4.69, 9.17) is 0 Å². The van der Waals surface area contributed by atoms with Crippen LogP contribution in [0.4, 0.5) is 0 Å². The average molecular weight is 172 g/mol. The number of hydrogen-bond acceptors (Lipinski definition) is 2. The molecular weight excluding hydrogens is 160 g/mol. The first-order valence-corrected chi connectivity index (χ1v) is 4.38. The Kier molecular flexibility index (Phi) is 1.76. The summed E-state index contributed by atoms with van der Waals surface area (Å²) in [5, 5.41) is 0. The van der Waals surface area contributed by atoms with Crippen molar-refractivity contribution >= 4 is 11.0 Å². The van der Waals surface area contributed by atoms with Gasteiger partial charge in [-0.1, -0.05) is 6.07 Å². The van der Waals surface area contributed by atoms with Crippen molar-refractivity contribution in [2.45, 2.75) is 20.8 Å². The maximum atomic E-state index is 4.42. The minimum Gasteiger partial charge on any atom is -0.252 e. The van der Waals surface area contributed by atoms with Crippen LogP contribution in [0, 0.1) is 20.8 Å². The Hall–Kier alpha value is -1.44. The Morgan fingerprint density at radius 3 is 2.62 bits per heavy atom. The Morgan fingerprint density at radius 2 is 1.85 bits per heavy atom. The van der Waals surface area contributed by atoms with Crippen LogP contribution in [-0.2, 0) is 0 Å². The Balaban J connectivity index is 2.87. The fourth-order valence-corrected chi connectivity index (χ4v) is 1.42. The minimum atomic E-state index is 0.968. The molecule has 0 saturated heterocycles. The SMILES string of the molecule is Cc1cnc2c(C)c(C)ccc2n1. The second-order valence-corrected chi connectivity index (χ2v) is 3.39. The molecule has 2 heteroatoms. The van der Waals surface area contributed by atoms with Gasteiger partial charge in [-0.05, 0) is 38.0 Å². The van der Waals surface area contributed by atoms with Crippen molar-refractivity contribution in [1.29, 1.82) is 0 Å². The first-order chi connectivity index (χ1) is 6.18. The third-order valence-electron chi connectivity index (χ3n) is 2.36. The lowest BCUT2D eigenvalue weighted by atomic mass is 10.1. The lowest BCUT2D eigenvalue weighted by Crippen LogP contribution is -1.91. The number of benzene rings is 1. The third kappa shape index (κ3) is 1.28. The van der Waals surface area contributed by atoms with Crippen LogP contribution in [0.3, 0.4) is 0 Å². The molecule has 0 atom stereocenters. The Labute approximate surface area is 77.6 Å². The van der Waals surface area contributed by atoms with E-state index < -0.39 is 0 Å². The van der Waals surface area contributed by atoms with E-state index in [1.165, 1.54) is 11.1 Å². The van der Waals surface area contributed by atoms with Gasteiger partial charge in [-0.3, -0.25) is 4.98 Å². The van der Waals surface area contributed by atoms with E-state index in [0.717, 1.165) is 16.7 Å². The zero-order valence-corrected chi connectivity index (χ0v) is 8.13. The molecule has 0 radical (unpaired) electrons. The number of rotatable bonds is 0. The highest BCUT2D eigenvalue weighted by atomic mass is 14.8. The van der Waals surface area contributed by atoms with Crippen LogP contribution in [0.5, 0.6) is 0 Å². The van der Waals surface area contributed by atoms with Gasteiger partial charge in [0.25, 0.3) is 0 Å². The fourth-order valence-electron chi connectivity index (χ4n) is 1.42. The van der Waals surface area contributed by atoms with E-state index in [1.54, 1.807) is 0 Å². The van der Waals surface area contributed by atoms with Crippen LogP contribution in [-0.4, -0.2) is 9.97 Å². The fraction of sp³-hybridized carbons (Fsp3) is 0.273. The maximum Gasteiger partial charge on any atom is 0.0918 e. The monoisotopic (exact) mass is 172 g/mol. The topological polar surface area (TPSA) is 25.8 Å². The summed E-state index contributed by atoms with van der Waals surface area (Å²) >= 11 is 0. The van der Waals surface area contributed by atoms with Crippen molar-refractivity contribution in [2.75, 3.05) is 0 Å². The second-order valence-electron chi connectivity index (χ2n) is 3.39. The first-order valence-electron chi connectivity index (χ1n) is 4.38. The van der Waals surface area contributed by atoms with Crippen LogP contribution < -0.4 is 0 Å². The van der Waals surface area contributed by atoms with Gasteiger partial charge in [0.05, 0.1) is 16.7 Å². The lowest BCUT2D eigenvalue weighted by Gasteiger charge is -2.03. The maximum absolute atomic E-state index is 4.42. The number of aryl methyl sites for hydroxylation is 3. The van der Waals surface area contributed by atoms with Crippen molar-refractivity contribution in [3.63, 3.8) is 0 Å². The molecule has 0 unspecified atom stereocenters. The molecule has 13 heavy (non-hydrogen) atoms. The van der Waals surface area contributed by atoms with Gasteiger partial charge in [-0.15, -0.1) is 0 Å². The molecule has 0 bridgehead atoms. The van der Waals surface area contributed by atoms with Crippen molar-refractivity contribution in [3.8, 4) is 0 Å². The molecule has 0 saturated carbocycles. The number of hydrogen-bond donors (Lipinski definition) is 0. The summed E-state index contributed by atoms with van der Waals surface area (Å²) in [4.78, 5) is 8.79. The van der Waals surface area contributed by atoms with Gasteiger partial charge in [-0.2, -0.15) is 0 Å². The average Bonchev–Trinajstić information content (AvgIpc) is 2.12. The van der Waals surface area contributed by atoms with Gasteiger partial charge in [0.2, 0.25) is 0 Å². The highest BCUT2D eigenvalue weighted by Gasteiger charge is 2.01. The van der Waals surface area contributed by atoms with E-state index in [2.05, 4.69) is 29.9 Å². The summed E-state index contributed by atoms with van der Waals surface area (Å²) < 4.78 is 0. The molecule has 1 aromatic heterocycles. The van der Waals surface area contributed by atoms with Gasteiger partial charge in [0, 0.05) is 6.20 Å². The van der Waals surface area contributed by atoms with Crippen LogP contribution >= 0.6 is 0 Å². The first kappa shape index (κ1) is 8.17. The standard InChI is InChI=1S/C11H12N2/c1-7-4-5-10-11(9(7)3)12-6-8(2)13-10/h4-6H,1-3H3. The van der Waals surface area contributed by atoms with E-state index in [0.29, 0.717) is 0 Å². The summed E-state index contributed by atoms with van der Waals surface area (Å²) in [5.41, 5.74) is 5.47. The summed E-state index contributed by atoms with van der Waals surface area (Å²) in [5.74, 6) is 0. The zero-order valence-electron chi connectivity index (χ0n) is 8.13. The number of nitrogens with zero attached hydrogens (tertiary/aromatic N) is 2. The third-order valence-corrected chi connectivity index (χ3v) is 2.36. The Bertz CT molecular complexity index is 461. The Morgan fingerprint density at radius 1 is 1.08 bits per heavy atom. The molecule has 2 nitrogen and oxygen atoms in total. The molecular formula is C11H12N2. The molecule has 2 aromatic rings. The normalized spacial score (nSPS) is 10.7. The van der Waals surface area contributed by atoms with Crippen LogP contribution in [0.1, 0.15) is 16.8 Å². The number of fused-ring (bicyclic) bond motifs is 1. The lowest BCUT2D eigenvalue weighted by molar-refractivity contribution is 1.17. The largest absolute Gasteiger partial charge is 0.252 e. The van der Waals surface area contributed by atoms with Crippen LogP contribution in [0.2, 0.25) is 0 Å². The molecule has 2 rings (SSSR count). The molecule has 0 aliphatic carbocycles. The van der Waals surface area contributed by atoms with Crippen LogP contribution in [0.25, 0.3) is 11.0 Å². The molecule has 1 aromatic carbocycles. The molecule has 0 aliphatic heterocycles. The molecule has 0 fully saturated rings.